The number of benzene rings is 2. The zero-order chi connectivity index (χ0) is 19.0. The summed E-state index contributed by atoms with van der Waals surface area (Å²) in [5.41, 5.74) is 0.637. The van der Waals surface area contributed by atoms with Gasteiger partial charge in [0.1, 0.15) is 5.58 Å². The molecule has 0 unspecified atom stereocenters. The Bertz CT molecular complexity index is 1180. The Hall–Kier alpha value is -3.13. The van der Waals surface area contributed by atoms with Gasteiger partial charge in [-0.2, -0.15) is 0 Å². The second-order valence-electron chi connectivity index (χ2n) is 6.38. The van der Waals surface area contributed by atoms with Crippen LogP contribution in [0.4, 0.5) is 5.69 Å². The van der Waals surface area contributed by atoms with E-state index < -0.39 is 15.6 Å². The van der Waals surface area contributed by atoms with E-state index in [0.29, 0.717) is 22.2 Å². The molecule has 0 aliphatic heterocycles. The van der Waals surface area contributed by atoms with Crippen LogP contribution in [0, 0.1) is 0 Å². The van der Waals surface area contributed by atoms with Crippen molar-refractivity contribution in [1.82, 2.24) is 5.32 Å². The molecule has 1 aromatic heterocycles. The maximum atomic E-state index is 12.6. The van der Waals surface area contributed by atoms with Crippen LogP contribution in [0.25, 0.3) is 11.0 Å². The summed E-state index contributed by atoms with van der Waals surface area (Å²) < 4.78 is 32.7. The highest BCUT2D eigenvalue weighted by Gasteiger charge is 2.23. The van der Waals surface area contributed by atoms with Gasteiger partial charge < -0.3 is 9.73 Å². The number of carbonyl (C=O) groups is 1. The molecule has 0 atom stereocenters. The van der Waals surface area contributed by atoms with E-state index in [4.69, 9.17) is 4.42 Å². The molecule has 2 aromatic carbocycles. The molecule has 3 aromatic rings. The van der Waals surface area contributed by atoms with E-state index in [-0.39, 0.29) is 16.8 Å². The quantitative estimate of drug-likeness (QED) is 0.658. The van der Waals surface area contributed by atoms with Gasteiger partial charge in [-0.05, 0) is 61.4 Å². The number of nitrogens with one attached hydrogen (secondary N) is 2. The summed E-state index contributed by atoms with van der Waals surface area (Å²) in [4.78, 5) is 23.2. The average molecular weight is 384 g/mol. The van der Waals surface area contributed by atoms with Crippen molar-refractivity contribution in [2.45, 2.75) is 23.8 Å². The highest BCUT2D eigenvalue weighted by atomic mass is 32.2. The SMILES string of the molecule is O=C(NC1CC1)c1ccc(NS(=O)(=O)c2ccc3oc(=O)ccc3c2)cc1. The van der Waals surface area contributed by atoms with Crippen molar-refractivity contribution in [3.05, 3.63) is 70.6 Å². The summed E-state index contributed by atoms with van der Waals surface area (Å²) in [6.45, 7) is 0. The third-order valence-corrected chi connectivity index (χ3v) is 5.59. The number of sulfonamides is 1. The van der Waals surface area contributed by atoms with Crippen LogP contribution in [0.2, 0.25) is 0 Å². The number of rotatable bonds is 5. The molecule has 1 heterocycles. The highest BCUT2D eigenvalue weighted by Crippen LogP contribution is 2.22. The van der Waals surface area contributed by atoms with E-state index in [9.17, 15) is 18.0 Å². The number of anilines is 1. The standard InChI is InChI=1S/C19H16N2O5S/c22-18-10-3-13-11-16(8-9-17(13)26-18)27(24,25)21-15-4-1-12(2-5-15)19(23)20-14-6-7-14/h1-5,8-11,14,21H,6-7H2,(H,20,23). The van der Waals surface area contributed by atoms with Crippen molar-refractivity contribution in [3.63, 3.8) is 0 Å². The summed E-state index contributed by atoms with van der Waals surface area (Å²) in [5, 5.41) is 3.38. The van der Waals surface area contributed by atoms with Gasteiger partial charge in [-0.25, -0.2) is 13.2 Å². The molecule has 0 radical (unpaired) electrons. The molecule has 0 spiro atoms. The van der Waals surface area contributed by atoms with Gasteiger partial charge in [-0.1, -0.05) is 0 Å². The largest absolute Gasteiger partial charge is 0.423 e. The predicted octanol–water partition coefficient (Wildman–Crippen LogP) is 2.49. The minimum atomic E-state index is -3.83. The lowest BCUT2D eigenvalue weighted by atomic mass is 10.2. The first-order valence-electron chi connectivity index (χ1n) is 8.38. The van der Waals surface area contributed by atoms with Crippen LogP contribution in [0.1, 0.15) is 23.2 Å². The van der Waals surface area contributed by atoms with Crippen molar-refractivity contribution in [2.24, 2.45) is 0 Å². The second-order valence-corrected chi connectivity index (χ2v) is 8.07. The minimum absolute atomic E-state index is 0.0411. The fourth-order valence-corrected chi connectivity index (χ4v) is 3.71. The molecule has 1 aliphatic carbocycles. The van der Waals surface area contributed by atoms with E-state index in [0.717, 1.165) is 12.8 Å². The van der Waals surface area contributed by atoms with E-state index in [1.54, 1.807) is 24.3 Å². The molecule has 2 N–H and O–H groups in total. The Balaban J connectivity index is 1.54. The van der Waals surface area contributed by atoms with Gasteiger partial charge in [0.05, 0.1) is 4.90 Å². The summed E-state index contributed by atoms with van der Waals surface area (Å²) in [6.07, 6.45) is 2.00. The monoisotopic (exact) mass is 384 g/mol. The lowest BCUT2D eigenvalue weighted by Crippen LogP contribution is -2.25. The molecule has 0 bridgehead atoms. The molecule has 1 aliphatic rings. The molecule has 27 heavy (non-hydrogen) atoms. The summed E-state index contributed by atoms with van der Waals surface area (Å²) >= 11 is 0. The molecule has 138 valence electrons. The van der Waals surface area contributed by atoms with E-state index >= 15 is 0 Å². The number of hydrogen-bond acceptors (Lipinski definition) is 5. The van der Waals surface area contributed by atoms with E-state index in [1.165, 1.54) is 30.3 Å². The first-order valence-corrected chi connectivity index (χ1v) is 9.87. The lowest BCUT2D eigenvalue weighted by Gasteiger charge is -2.09. The third-order valence-electron chi connectivity index (χ3n) is 4.21. The molecule has 8 heteroatoms. The van der Waals surface area contributed by atoms with Crippen molar-refractivity contribution in [1.29, 1.82) is 0 Å². The van der Waals surface area contributed by atoms with Crippen molar-refractivity contribution < 1.29 is 17.6 Å². The molecule has 1 amide bonds. The van der Waals surface area contributed by atoms with Gasteiger partial charge in [0.2, 0.25) is 0 Å². The van der Waals surface area contributed by atoms with Crippen LogP contribution in [0.3, 0.4) is 0 Å². The minimum Gasteiger partial charge on any atom is -0.423 e. The van der Waals surface area contributed by atoms with Crippen LogP contribution in [-0.2, 0) is 10.0 Å². The predicted molar refractivity (Wildman–Crippen MR) is 100 cm³/mol. The number of hydrogen-bond donors (Lipinski definition) is 2. The zero-order valence-electron chi connectivity index (χ0n) is 14.1. The smallest absolute Gasteiger partial charge is 0.336 e. The maximum Gasteiger partial charge on any atom is 0.336 e. The molecular weight excluding hydrogens is 368 g/mol. The maximum absolute atomic E-state index is 12.6. The number of amides is 1. The molecule has 7 nitrogen and oxygen atoms in total. The molecule has 4 rings (SSSR count). The summed E-state index contributed by atoms with van der Waals surface area (Å²) in [5.74, 6) is -0.164. The van der Waals surface area contributed by atoms with Crippen LogP contribution in [0.5, 0.6) is 0 Å². The van der Waals surface area contributed by atoms with Gasteiger partial charge >= 0.3 is 5.63 Å². The molecule has 0 saturated heterocycles. The molecule has 1 saturated carbocycles. The van der Waals surface area contributed by atoms with Gasteiger partial charge in [-0.15, -0.1) is 0 Å². The van der Waals surface area contributed by atoms with Crippen LogP contribution < -0.4 is 15.7 Å². The first-order chi connectivity index (χ1) is 12.9. The Kier molecular flexibility index (Phi) is 4.19. The fraction of sp³-hybridized carbons (Fsp3) is 0.158. The third kappa shape index (κ3) is 3.85. The second kappa shape index (κ2) is 6.55. The Labute approximate surface area is 155 Å². The summed E-state index contributed by atoms with van der Waals surface area (Å²) in [7, 11) is -3.83. The van der Waals surface area contributed by atoms with Crippen molar-refractivity contribution >= 4 is 32.6 Å². The Morgan fingerprint density at radius 1 is 1.00 bits per heavy atom. The fourth-order valence-electron chi connectivity index (χ4n) is 2.62. The molecule has 1 fully saturated rings. The highest BCUT2D eigenvalue weighted by molar-refractivity contribution is 7.92. The normalized spacial score (nSPS) is 14.1. The number of carbonyl (C=O) groups excluding carboxylic acids is 1. The summed E-state index contributed by atoms with van der Waals surface area (Å²) in [6, 6.07) is 13.5. The number of fused-ring (bicyclic) bond motifs is 1. The van der Waals surface area contributed by atoms with Gasteiger partial charge in [0.25, 0.3) is 15.9 Å². The van der Waals surface area contributed by atoms with E-state index in [2.05, 4.69) is 10.0 Å². The van der Waals surface area contributed by atoms with Gasteiger partial charge in [-0.3, -0.25) is 9.52 Å². The average Bonchev–Trinajstić information content (AvgIpc) is 3.45. The first kappa shape index (κ1) is 17.3. The Morgan fingerprint density at radius 3 is 2.44 bits per heavy atom. The van der Waals surface area contributed by atoms with Crippen LogP contribution >= 0.6 is 0 Å². The van der Waals surface area contributed by atoms with Crippen LogP contribution in [-0.4, -0.2) is 20.4 Å². The van der Waals surface area contributed by atoms with Crippen molar-refractivity contribution in [2.75, 3.05) is 4.72 Å². The van der Waals surface area contributed by atoms with Crippen LogP contribution in [0.15, 0.2) is 68.7 Å². The van der Waals surface area contributed by atoms with Gasteiger partial charge in [0.15, 0.2) is 0 Å². The zero-order valence-corrected chi connectivity index (χ0v) is 15.0. The Morgan fingerprint density at radius 2 is 1.74 bits per heavy atom. The van der Waals surface area contributed by atoms with Crippen molar-refractivity contribution in [3.8, 4) is 0 Å². The van der Waals surface area contributed by atoms with Gasteiger partial charge in [0, 0.05) is 28.7 Å². The topological polar surface area (TPSA) is 105 Å². The lowest BCUT2D eigenvalue weighted by molar-refractivity contribution is 0.0951. The molecular formula is C19H16N2O5S. The van der Waals surface area contributed by atoms with E-state index in [1.807, 2.05) is 0 Å².